The Bertz CT molecular complexity index is 1430. The molecule has 0 N–H and O–H groups in total. The summed E-state index contributed by atoms with van der Waals surface area (Å²) in [6, 6.07) is 4.17. The predicted molar refractivity (Wildman–Crippen MR) is 146 cm³/mol. The number of sulfonamides is 1. The molecule has 1 aliphatic heterocycles. The van der Waals surface area contributed by atoms with Crippen LogP contribution in [0.1, 0.15) is 43.0 Å². The second-order valence-corrected chi connectivity index (χ2v) is 11.8. The maximum atomic E-state index is 13.8. The minimum Gasteiger partial charge on any atom is -0.493 e. The molecule has 2 atom stereocenters. The summed E-state index contributed by atoms with van der Waals surface area (Å²) in [5.74, 6) is 0.572. The third-order valence-corrected chi connectivity index (χ3v) is 8.62. The number of halogens is 3. The van der Waals surface area contributed by atoms with Crippen molar-refractivity contribution in [1.29, 1.82) is 0 Å². The largest absolute Gasteiger partial charge is 0.493 e. The van der Waals surface area contributed by atoms with E-state index in [-0.39, 0.29) is 24.3 Å². The van der Waals surface area contributed by atoms with Crippen molar-refractivity contribution in [2.24, 2.45) is 0 Å². The second kappa shape index (κ2) is 12.7. The maximum absolute atomic E-state index is 13.8. The van der Waals surface area contributed by atoms with Crippen LogP contribution in [0.15, 0.2) is 35.2 Å². The molecule has 11 nitrogen and oxygen atoms in total. The highest BCUT2D eigenvalue weighted by molar-refractivity contribution is 7.89. The normalized spacial score (nSPS) is 17.0. The van der Waals surface area contributed by atoms with Crippen LogP contribution < -0.4 is 14.4 Å². The Hall–Kier alpha value is -3.72. The Morgan fingerprint density at radius 2 is 1.64 bits per heavy atom. The third-order valence-electron chi connectivity index (χ3n) is 6.83. The number of alkyl halides is 3. The minimum atomic E-state index is -4.86. The maximum Gasteiger partial charge on any atom is 0.416 e. The second-order valence-electron chi connectivity index (χ2n) is 9.68. The molecule has 42 heavy (non-hydrogen) atoms. The van der Waals surface area contributed by atoms with Crippen LogP contribution in [-0.2, 0) is 32.2 Å². The van der Waals surface area contributed by atoms with Crippen LogP contribution in [0.5, 0.6) is 11.5 Å². The molecule has 1 heterocycles. The average Bonchev–Trinajstić information content (AvgIpc) is 2.93. The van der Waals surface area contributed by atoms with Crippen LogP contribution in [0.3, 0.4) is 0 Å². The molecule has 0 aromatic heterocycles. The molecule has 2 aromatic rings. The summed E-state index contributed by atoms with van der Waals surface area (Å²) in [4.78, 5) is 28.2. The first-order valence-corrected chi connectivity index (χ1v) is 14.2. The number of amides is 2. The lowest BCUT2D eigenvalue weighted by Gasteiger charge is -2.42. The first-order chi connectivity index (χ1) is 19.6. The van der Waals surface area contributed by atoms with E-state index >= 15 is 0 Å². The van der Waals surface area contributed by atoms with Gasteiger partial charge in [-0.05, 0) is 50.1 Å². The summed E-state index contributed by atoms with van der Waals surface area (Å²) >= 11 is 0. The van der Waals surface area contributed by atoms with E-state index in [0.29, 0.717) is 23.1 Å². The van der Waals surface area contributed by atoms with Crippen LogP contribution >= 0.6 is 0 Å². The fraction of sp³-hybridized carbons (Fsp3) is 0.481. The highest BCUT2D eigenvalue weighted by Crippen LogP contribution is 2.46. The lowest BCUT2D eigenvalue weighted by atomic mass is 9.90. The van der Waals surface area contributed by atoms with Gasteiger partial charge in [0.15, 0.2) is 11.5 Å². The molecular weight excluding hydrogens is 583 g/mol. The molecule has 0 saturated carbocycles. The quantitative estimate of drug-likeness (QED) is 0.405. The summed E-state index contributed by atoms with van der Waals surface area (Å²) in [6.45, 7) is 3.04. The van der Waals surface area contributed by atoms with E-state index in [0.717, 1.165) is 23.5 Å². The minimum absolute atomic E-state index is 0.0989. The first-order valence-electron chi connectivity index (χ1n) is 12.8. The highest BCUT2D eigenvalue weighted by atomic mass is 32.2. The average molecular weight is 618 g/mol. The van der Waals surface area contributed by atoms with Gasteiger partial charge in [0.2, 0.25) is 10.0 Å². The Labute approximate surface area is 242 Å². The number of fused-ring (bicyclic) bond motifs is 1. The Kier molecular flexibility index (Phi) is 9.88. The summed E-state index contributed by atoms with van der Waals surface area (Å²) in [5.41, 5.74) is -0.540. The van der Waals surface area contributed by atoms with Gasteiger partial charge in [0.1, 0.15) is 0 Å². The molecule has 0 unspecified atom stereocenters. The number of carbonyl (C=O) groups is 2. The summed E-state index contributed by atoms with van der Waals surface area (Å²) in [7, 11) is 2.09. The lowest BCUT2D eigenvalue weighted by Crippen LogP contribution is -2.47. The van der Waals surface area contributed by atoms with E-state index in [1.165, 1.54) is 38.1 Å². The lowest BCUT2D eigenvalue weighted by molar-refractivity contribution is -0.137. The van der Waals surface area contributed by atoms with Crippen LogP contribution in [0.2, 0.25) is 0 Å². The molecule has 0 spiro atoms. The van der Waals surface area contributed by atoms with Crippen molar-refractivity contribution in [3.8, 4) is 11.5 Å². The molecule has 3 rings (SSSR count). The van der Waals surface area contributed by atoms with Crippen molar-refractivity contribution < 1.29 is 50.1 Å². The number of carbonyl (C=O) groups excluding carboxylic acids is 2. The fourth-order valence-electron chi connectivity index (χ4n) is 4.81. The standard InChI is InChI=1S/C27H34F3N3O8S/c1-8-41-26(35)33-16(2)9-21(20-13-23(38-5)24(39-6)14-22(20)33)32(25(34)40-7)15-17-10-18(27(28,29)30)12-19(11-17)42(36,37)31(3)4/h10-14,16,21H,8-9,15H2,1-7H3/t16-,21+/m1/s1. The van der Waals surface area contributed by atoms with E-state index in [9.17, 15) is 31.2 Å². The Morgan fingerprint density at radius 3 is 2.17 bits per heavy atom. The smallest absolute Gasteiger partial charge is 0.416 e. The third kappa shape index (κ3) is 6.51. The van der Waals surface area contributed by atoms with Crippen molar-refractivity contribution in [2.75, 3.05) is 46.9 Å². The van der Waals surface area contributed by atoms with E-state index in [4.69, 9.17) is 18.9 Å². The molecule has 1 aliphatic rings. The molecule has 2 aromatic carbocycles. The van der Waals surface area contributed by atoms with Crippen molar-refractivity contribution in [3.05, 3.63) is 47.0 Å². The molecule has 232 valence electrons. The van der Waals surface area contributed by atoms with Gasteiger partial charge in [-0.15, -0.1) is 0 Å². The van der Waals surface area contributed by atoms with Crippen molar-refractivity contribution in [2.45, 2.75) is 50.0 Å². The number of ether oxygens (including phenoxy) is 4. The summed E-state index contributed by atoms with van der Waals surface area (Å²) < 4.78 is 89.1. The topological polar surface area (TPSA) is 115 Å². The van der Waals surface area contributed by atoms with E-state index < -0.39 is 57.5 Å². The van der Waals surface area contributed by atoms with Crippen LogP contribution in [-0.4, -0.2) is 77.9 Å². The van der Waals surface area contributed by atoms with Gasteiger partial charge >= 0.3 is 18.4 Å². The zero-order valence-corrected chi connectivity index (χ0v) is 25.1. The monoisotopic (exact) mass is 617 g/mol. The summed E-state index contributed by atoms with van der Waals surface area (Å²) in [6.07, 6.45) is -6.25. The molecule has 2 amide bonds. The Morgan fingerprint density at radius 1 is 1.02 bits per heavy atom. The van der Waals surface area contributed by atoms with Crippen LogP contribution in [0.25, 0.3) is 0 Å². The fourth-order valence-corrected chi connectivity index (χ4v) is 5.81. The molecule has 0 fully saturated rings. The van der Waals surface area contributed by atoms with Crippen molar-refractivity contribution in [1.82, 2.24) is 9.21 Å². The number of anilines is 1. The number of hydrogen-bond acceptors (Lipinski definition) is 8. The zero-order valence-electron chi connectivity index (χ0n) is 24.3. The Balaban J connectivity index is 2.23. The van der Waals surface area contributed by atoms with E-state index in [1.807, 2.05) is 0 Å². The van der Waals surface area contributed by atoms with Gasteiger partial charge in [0.25, 0.3) is 0 Å². The van der Waals surface area contributed by atoms with Crippen LogP contribution in [0, 0.1) is 0 Å². The van der Waals surface area contributed by atoms with E-state index in [2.05, 4.69) is 0 Å². The van der Waals surface area contributed by atoms with Crippen LogP contribution in [0.4, 0.5) is 28.4 Å². The summed E-state index contributed by atoms with van der Waals surface area (Å²) in [5, 5.41) is 0. The van der Waals surface area contributed by atoms with Gasteiger partial charge in [-0.1, -0.05) is 0 Å². The van der Waals surface area contributed by atoms with Gasteiger partial charge in [-0.25, -0.2) is 22.3 Å². The molecule has 0 aliphatic carbocycles. The molecule has 0 bridgehead atoms. The number of benzene rings is 2. The van der Waals surface area contributed by atoms with E-state index in [1.54, 1.807) is 26.0 Å². The first kappa shape index (κ1) is 32.8. The van der Waals surface area contributed by atoms with Crippen molar-refractivity contribution in [3.63, 3.8) is 0 Å². The highest BCUT2D eigenvalue weighted by Gasteiger charge is 2.41. The van der Waals surface area contributed by atoms with Gasteiger partial charge in [0.05, 0.1) is 50.1 Å². The number of methoxy groups -OCH3 is 3. The van der Waals surface area contributed by atoms with Gasteiger partial charge in [-0.3, -0.25) is 9.80 Å². The SMILES string of the molecule is CCOC(=O)N1c2cc(OC)c(OC)cc2[C@@H](N(Cc2cc(C(F)(F)F)cc(S(=O)(=O)N(C)C)c2)C(=O)OC)C[C@H]1C. The van der Waals surface area contributed by atoms with Gasteiger partial charge < -0.3 is 18.9 Å². The van der Waals surface area contributed by atoms with Gasteiger partial charge in [0, 0.05) is 38.3 Å². The number of rotatable bonds is 8. The van der Waals surface area contributed by atoms with Gasteiger partial charge in [-0.2, -0.15) is 13.2 Å². The van der Waals surface area contributed by atoms with Crippen molar-refractivity contribution >= 4 is 27.9 Å². The number of hydrogen-bond donors (Lipinski definition) is 0. The molecule has 0 saturated heterocycles. The molecule has 0 radical (unpaired) electrons. The predicted octanol–water partition coefficient (Wildman–Crippen LogP) is 5.04. The molecule has 15 heteroatoms. The zero-order chi connectivity index (χ0) is 31.6. The number of nitrogens with zero attached hydrogens (tertiary/aromatic N) is 3. The molecular formula is C27H34F3N3O8S.